The van der Waals surface area contributed by atoms with Gasteiger partial charge in [-0.2, -0.15) is 0 Å². The van der Waals surface area contributed by atoms with E-state index in [1.54, 1.807) is 0 Å². The molecule has 0 N–H and O–H groups in total. The average molecular weight is 317 g/mol. The van der Waals surface area contributed by atoms with E-state index in [0.29, 0.717) is 25.1 Å². The fraction of sp³-hybridized carbons (Fsp3) is 0.667. The molecule has 2 fully saturated rings. The Morgan fingerprint density at radius 3 is 2.57 bits per heavy atom. The van der Waals surface area contributed by atoms with Gasteiger partial charge in [-0.25, -0.2) is 0 Å². The van der Waals surface area contributed by atoms with Gasteiger partial charge in [-0.3, -0.25) is 14.7 Å². The van der Waals surface area contributed by atoms with Gasteiger partial charge in [0.05, 0.1) is 13.2 Å². The van der Waals surface area contributed by atoms with E-state index in [9.17, 15) is 4.79 Å². The second-order valence-corrected chi connectivity index (χ2v) is 6.60. The Kier molecular flexibility index (Phi) is 5.49. The number of carbonyl (C=O) groups is 1. The minimum atomic E-state index is -0.0754. The minimum absolute atomic E-state index is 0.0754. The molecule has 2 aliphatic rings. The zero-order valence-electron chi connectivity index (χ0n) is 14.0. The van der Waals surface area contributed by atoms with Crippen LogP contribution in [0.25, 0.3) is 0 Å². The van der Waals surface area contributed by atoms with Gasteiger partial charge in [0.1, 0.15) is 0 Å². The number of anilines is 1. The predicted molar refractivity (Wildman–Crippen MR) is 90.4 cm³/mol. The molecule has 1 aromatic rings. The quantitative estimate of drug-likeness (QED) is 0.722. The number of piperidine rings is 1. The van der Waals surface area contributed by atoms with Gasteiger partial charge >= 0.3 is 5.97 Å². The first-order valence-electron chi connectivity index (χ1n) is 8.81. The summed E-state index contributed by atoms with van der Waals surface area (Å²) in [4.78, 5) is 20.7. The van der Waals surface area contributed by atoms with Gasteiger partial charge in [0.25, 0.3) is 0 Å². The van der Waals surface area contributed by atoms with Crippen LogP contribution >= 0.6 is 0 Å². The molecule has 1 aliphatic heterocycles. The number of rotatable bonds is 7. The van der Waals surface area contributed by atoms with Crippen LogP contribution in [-0.4, -0.2) is 54.7 Å². The maximum atomic E-state index is 11.8. The lowest BCUT2D eigenvalue weighted by atomic mass is 9.95. The van der Waals surface area contributed by atoms with Crippen molar-refractivity contribution in [2.45, 2.75) is 38.6 Å². The van der Waals surface area contributed by atoms with Gasteiger partial charge in [0.15, 0.2) is 0 Å². The second kappa shape index (κ2) is 7.77. The number of pyridine rings is 1. The third-order valence-corrected chi connectivity index (χ3v) is 4.84. The van der Waals surface area contributed by atoms with Crippen LogP contribution in [-0.2, 0) is 9.53 Å². The fourth-order valence-electron chi connectivity index (χ4n) is 3.42. The monoisotopic (exact) mass is 317 g/mol. The van der Waals surface area contributed by atoms with E-state index in [1.807, 2.05) is 19.3 Å². The minimum Gasteiger partial charge on any atom is -0.465 e. The lowest BCUT2D eigenvalue weighted by molar-refractivity contribution is -0.144. The Morgan fingerprint density at radius 1 is 1.26 bits per heavy atom. The Balaban J connectivity index is 1.48. The molecule has 5 heteroatoms. The molecule has 126 valence electrons. The number of ether oxygens (including phenoxy) is 1. The molecule has 0 atom stereocenters. The van der Waals surface area contributed by atoms with Crippen molar-refractivity contribution in [3.05, 3.63) is 24.5 Å². The van der Waals surface area contributed by atoms with Gasteiger partial charge in [0.2, 0.25) is 0 Å². The van der Waals surface area contributed by atoms with Crippen molar-refractivity contribution in [2.24, 2.45) is 5.92 Å². The molecule has 0 spiro atoms. The number of carbonyl (C=O) groups excluding carboxylic acids is 1. The van der Waals surface area contributed by atoms with E-state index >= 15 is 0 Å². The summed E-state index contributed by atoms with van der Waals surface area (Å²) in [6, 6.07) is 4.77. The molecule has 1 saturated carbocycles. The summed E-state index contributed by atoms with van der Waals surface area (Å²) in [6.07, 6.45) is 8.55. The summed E-state index contributed by atoms with van der Waals surface area (Å²) in [6.45, 7) is 6.02. The summed E-state index contributed by atoms with van der Waals surface area (Å²) < 4.78 is 5.12. The van der Waals surface area contributed by atoms with Crippen LogP contribution in [0.15, 0.2) is 24.5 Å². The first-order chi connectivity index (χ1) is 11.3. The van der Waals surface area contributed by atoms with Crippen LogP contribution in [0, 0.1) is 5.92 Å². The van der Waals surface area contributed by atoms with Crippen molar-refractivity contribution in [1.29, 1.82) is 0 Å². The van der Waals surface area contributed by atoms with E-state index in [4.69, 9.17) is 4.74 Å². The number of nitrogens with zero attached hydrogens (tertiary/aromatic N) is 3. The molecule has 23 heavy (non-hydrogen) atoms. The third kappa shape index (κ3) is 4.67. The van der Waals surface area contributed by atoms with Crippen molar-refractivity contribution in [3.8, 4) is 0 Å². The van der Waals surface area contributed by atoms with Crippen LogP contribution in [0.5, 0.6) is 0 Å². The van der Waals surface area contributed by atoms with Crippen LogP contribution in [0.3, 0.4) is 0 Å². The summed E-state index contributed by atoms with van der Waals surface area (Å²) in [7, 11) is 0. The molecular formula is C18H27N3O2. The zero-order chi connectivity index (χ0) is 16.1. The maximum absolute atomic E-state index is 11.8. The smallest absolute Gasteiger partial charge is 0.320 e. The molecular weight excluding hydrogens is 290 g/mol. The lowest BCUT2D eigenvalue weighted by Gasteiger charge is -2.36. The predicted octanol–water partition coefficient (Wildman–Crippen LogP) is 2.33. The van der Waals surface area contributed by atoms with Crippen LogP contribution in [0.1, 0.15) is 32.6 Å². The van der Waals surface area contributed by atoms with Crippen molar-refractivity contribution < 1.29 is 9.53 Å². The van der Waals surface area contributed by atoms with Crippen molar-refractivity contribution >= 4 is 11.7 Å². The number of hydrogen-bond donors (Lipinski definition) is 0. The summed E-state index contributed by atoms with van der Waals surface area (Å²) >= 11 is 0. The van der Waals surface area contributed by atoms with Gasteiger partial charge in [-0.15, -0.1) is 0 Å². The first-order valence-corrected chi connectivity index (χ1v) is 8.81. The fourth-order valence-corrected chi connectivity index (χ4v) is 3.42. The molecule has 1 aliphatic carbocycles. The highest BCUT2D eigenvalue weighted by Gasteiger charge is 2.33. The highest BCUT2D eigenvalue weighted by Crippen LogP contribution is 2.30. The largest absolute Gasteiger partial charge is 0.465 e. The van der Waals surface area contributed by atoms with Gasteiger partial charge in [-0.1, -0.05) is 0 Å². The Bertz CT molecular complexity index is 496. The number of aromatic nitrogens is 1. The van der Waals surface area contributed by atoms with Crippen LogP contribution < -0.4 is 4.90 Å². The SMILES string of the molecule is CCOC(=O)CN(CC1CCN(c2ccncc2)CC1)C1CC1. The Hall–Kier alpha value is -1.62. The van der Waals surface area contributed by atoms with Crippen LogP contribution in [0.2, 0.25) is 0 Å². The van der Waals surface area contributed by atoms with Crippen molar-refractivity contribution in [2.75, 3.05) is 37.7 Å². The zero-order valence-corrected chi connectivity index (χ0v) is 14.0. The molecule has 0 amide bonds. The Labute approximate surface area is 138 Å². The summed E-state index contributed by atoms with van der Waals surface area (Å²) in [5.74, 6) is 0.608. The molecule has 1 saturated heterocycles. The van der Waals surface area contributed by atoms with Gasteiger partial charge < -0.3 is 9.64 Å². The highest BCUT2D eigenvalue weighted by molar-refractivity contribution is 5.71. The molecule has 3 rings (SSSR count). The molecule has 0 aromatic carbocycles. The molecule has 0 bridgehead atoms. The third-order valence-electron chi connectivity index (χ3n) is 4.84. The summed E-state index contributed by atoms with van der Waals surface area (Å²) in [5.41, 5.74) is 1.27. The lowest BCUT2D eigenvalue weighted by Crippen LogP contribution is -2.41. The second-order valence-electron chi connectivity index (χ2n) is 6.60. The van der Waals surface area contributed by atoms with Gasteiger partial charge in [0, 0.05) is 43.8 Å². The van der Waals surface area contributed by atoms with E-state index in [2.05, 4.69) is 26.9 Å². The Morgan fingerprint density at radius 2 is 1.96 bits per heavy atom. The topological polar surface area (TPSA) is 45.7 Å². The number of hydrogen-bond acceptors (Lipinski definition) is 5. The van der Waals surface area contributed by atoms with Crippen molar-refractivity contribution in [1.82, 2.24) is 9.88 Å². The normalized spacial score (nSPS) is 19.1. The molecule has 0 unspecified atom stereocenters. The van der Waals surface area contributed by atoms with Gasteiger partial charge in [-0.05, 0) is 50.7 Å². The van der Waals surface area contributed by atoms with Crippen LogP contribution in [0.4, 0.5) is 5.69 Å². The van der Waals surface area contributed by atoms with E-state index in [1.165, 1.54) is 31.4 Å². The van der Waals surface area contributed by atoms with E-state index in [0.717, 1.165) is 19.6 Å². The summed E-state index contributed by atoms with van der Waals surface area (Å²) in [5, 5.41) is 0. The molecule has 1 aromatic heterocycles. The average Bonchev–Trinajstić information content (AvgIpc) is 3.41. The highest BCUT2D eigenvalue weighted by atomic mass is 16.5. The first kappa shape index (κ1) is 16.2. The van der Waals surface area contributed by atoms with Crippen molar-refractivity contribution in [3.63, 3.8) is 0 Å². The molecule has 2 heterocycles. The molecule has 5 nitrogen and oxygen atoms in total. The van der Waals surface area contributed by atoms with E-state index in [-0.39, 0.29) is 5.97 Å². The maximum Gasteiger partial charge on any atom is 0.320 e. The molecule has 0 radical (unpaired) electrons. The van der Waals surface area contributed by atoms with E-state index < -0.39 is 0 Å². The number of esters is 1. The standard InChI is InChI=1S/C18H27N3O2/c1-2-23-18(22)14-21(16-3-4-16)13-15-7-11-20(12-8-15)17-5-9-19-10-6-17/h5-6,9-10,15-16H,2-4,7-8,11-14H2,1H3.